The molecule has 2 saturated heterocycles. The van der Waals surface area contributed by atoms with Gasteiger partial charge in [0.15, 0.2) is 0 Å². The first-order valence-corrected chi connectivity index (χ1v) is 7.76. The second-order valence-corrected chi connectivity index (χ2v) is 6.69. The van der Waals surface area contributed by atoms with Crippen LogP contribution in [0.1, 0.15) is 44.9 Å². The summed E-state index contributed by atoms with van der Waals surface area (Å²) in [4.78, 5) is 2.69. The lowest BCUT2D eigenvalue weighted by Gasteiger charge is -2.47. The first kappa shape index (κ1) is 12.9. The highest BCUT2D eigenvalue weighted by Crippen LogP contribution is 2.38. The number of likely N-dealkylation sites (tertiary alicyclic amines) is 1. The molecule has 104 valence electrons. The Morgan fingerprint density at radius 2 is 2.00 bits per heavy atom. The molecule has 0 bridgehead atoms. The average Bonchev–Trinajstić information content (AvgIpc) is 2.88. The summed E-state index contributed by atoms with van der Waals surface area (Å²) in [5, 5.41) is 9.74. The van der Waals surface area contributed by atoms with E-state index >= 15 is 0 Å². The molecule has 3 heteroatoms. The van der Waals surface area contributed by atoms with Gasteiger partial charge in [0.05, 0.1) is 13.2 Å². The lowest BCUT2D eigenvalue weighted by molar-refractivity contribution is -0.00187. The van der Waals surface area contributed by atoms with Crippen molar-refractivity contribution in [1.29, 1.82) is 0 Å². The Kier molecular flexibility index (Phi) is 3.92. The third kappa shape index (κ3) is 2.45. The summed E-state index contributed by atoms with van der Waals surface area (Å²) in [5.74, 6) is 0.936. The zero-order valence-electron chi connectivity index (χ0n) is 11.4. The van der Waals surface area contributed by atoms with E-state index in [1.54, 1.807) is 0 Å². The molecule has 3 atom stereocenters. The predicted molar refractivity (Wildman–Crippen MR) is 71.5 cm³/mol. The highest BCUT2D eigenvalue weighted by Gasteiger charge is 2.40. The molecule has 0 aromatic rings. The molecular weight excluding hydrogens is 226 g/mol. The van der Waals surface area contributed by atoms with Crippen molar-refractivity contribution in [1.82, 2.24) is 4.90 Å². The second-order valence-electron chi connectivity index (χ2n) is 6.69. The van der Waals surface area contributed by atoms with E-state index in [9.17, 15) is 5.11 Å². The van der Waals surface area contributed by atoms with E-state index in [2.05, 4.69) is 4.90 Å². The Bertz CT molecular complexity index is 274. The van der Waals surface area contributed by atoms with Gasteiger partial charge in [-0.1, -0.05) is 12.8 Å². The SMILES string of the molecule is OCC1(CN2CCCC3CCCCC32)CCOC1. The van der Waals surface area contributed by atoms with Crippen LogP contribution in [0.4, 0.5) is 0 Å². The van der Waals surface area contributed by atoms with Crippen LogP contribution in [0.15, 0.2) is 0 Å². The maximum absolute atomic E-state index is 9.74. The zero-order chi connectivity index (χ0) is 12.4. The van der Waals surface area contributed by atoms with Gasteiger partial charge in [-0.3, -0.25) is 4.90 Å². The van der Waals surface area contributed by atoms with Crippen molar-refractivity contribution < 1.29 is 9.84 Å². The van der Waals surface area contributed by atoms with Crippen molar-refractivity contribution in [2.75, 3.05) is 32.9 Å². The number of hydrogen-bond donors (Lipinski definition) is 1. The fourth-order valence-corrected chi connectivity index (χ4v) is 4.30. The minimum Gasteiger partial charge on any atom is -0.396 e. The van der Waals surface area contributed by atoms with Gasteiger partial charge in [0.2, 0.25) is 0 Å². The van der Waals surface area contributed by atoms with Crippen LogP contribution in [0.3, 0.4) is 0 Å². The molecule has 0 aromatic heterocycles. The van der Waals surface area contributed by atoms with Crippen molar-refractivity contribution in [2.24, 2.45) is 11.3 Å². The molecule has 3 rings (SSSR count). The number of hydrogen-bond acceptors (Lipinski definition) is 3. The Hall–Kier alpha value is -0.120. The number of ether oxygens (including phenoxy) is 1. The van der Waals surface area contributed by atoms with Crippen LogP contribution < -0.4 is 0 Å². The van der Waals surface area contributed by atoms with E-state index in [4.69, 9.17) is 4.74 Å². The van der Waals surface area contributed by atoms with Crippen LogP contribution in [0, 0.1) is 11.3 Å². The molecule has 2 heterocycles. The third-order valence-corrected chi connectivity index (χ3v) is 5.42. The van der Waals surface area contributed by atoms with Crippen molar-refractivity contribution in [3.8, 4) is 0 Å². The molecule has 1 N–H and O–H groups in total. The van der Waals surface area contributed by atoms with Crippen molar-refractivity contribution in [3.05, 3.63) is 0 Å². The zero-order valence-corrected chi connectivity index (χ0v) is 11.4. The Labute approximate surface area is 110 Å². The molecule has 0 amide bonds. The van der Waals surface area contributed by atoms with Gasteiger partial charge in [0.25, 0.3) is 0 Å². The smallest absolute Gasteiger partial charge is 0.0557 e. The van der Waals surface area contributed by atoms with Gasteiger partial charge in [0.1, 0.15) is 0 Å². The quantitative estimate of drug-likeness (QED) is 0.835. The number of nitrogens with zero attached hydrogens (tertiary/aromatic N) is 1. The van der Waals surface area contributed by atoms with Gasteiger partial charge in [-0.15, -0.1) is 0 Å². The summed E-state index contributed by atoms with van der Waals surface area (Å²) < 4.78 is 5.54. The highest BCUT2D eigenvalue weighted by atomic mass is 16.5. The van der Waals surface area contributed by atoms with Crippen molar-refractivity contribution >= 4 is 0 Å². The highest BCUT2D eigenvalue weighted by molar-refractivity contribution is 4.93. The minimum atomic E-state index is 0.0410. The van der Waals surface area contributed by atoms with E-state index in [1.807, 2.05) is 0 Å². The molecule has 3 nitrogen and oxygen atoms in total. The largest absolute Gasteiger partial charge is 0.396 e. The fraction of sp³-hybridized carbons (Fsp3) is 1.00. The average molecular weight is 253 g/mol. The summed E-state index contributed by atoms with van der Waals surface area (Å²) >= 11 is 0. The first-order chi connectivity index (χ1) is 8.83. The van der Waals surface area contributed by atoms with E-state index in [0.717, 1.165) is 38.1 Å². The molecule has 18 heavy (non-hydrogen) atoms. The molecule has 1 aliphatic carbocycles. The van der Waals surface area contributed by atoms with Gasteiger partial charge in [-0.25, -0.2) is 0 Å². The number of fused-ring (bicyclic) bond motifs is 1. The molecule has 3 aliphatic rings. The predicted octanol–water partition coefficient (Wildman–Crippen LogP) is 2.04. The summed E-state index contributed by atoms with van der Waals surface area (Å²) in [7, 11) is 0. The third-order valence-electron chi connectivity index (χ3n) is 5.42. The fourth-order valence-electron chi connectivity index (χ4n) is 4.30. The minimum absolute atomic E-state index is 0.0410. The summed E-state index contributed by atoms with van der Waals surface area (Å²) in [6.07, 6.45) is 9.48. The van der Waals surface area contributed by atoms with Gasteiger partial charge < -0.3 is 9.84 Å². The molecule has 2 aliphatic heterocycles. The van der Waals surface area contributed by atoms with Crippen molar-refractivity contribution in [2.45, 2.75) is 51.0 Å². The van der Waals surface area contributed by atoms with Gasteiger partial charge in [-0.2, -0.15) is 0 Å². The second kappa shape index (κ2) is 5.48. The van der Waals surface area contributed by atoms with Crippen LogP contribution in [0.5, 0.6) is 0 Å². The van der Waals surface area contributed by atoms with Crippen LogP contribution >= 0.6 is 0 Å². The van der Waals surface area contributed by atoms with E-state index in [1.165, 1.54) is 45.1 Å². The number of aliphatic hydroxyl groups is 1. The molecule has 3 unspecified atom stereocenters. The molecular formula is C15H27NO2. The van der Waals surface area contributed by atoms with Gasteiger partial charge in [-0.05, 0) is 44.6 Å². The van der Waals surface area contributed by atoms with Crippen LogP contribution in [-0.4, -0.2) is 49.0 Å². The van der Waals surface area contributed by atoms with Crippen LogP contribution in [-0.2, 0) is 4.74 Å². The Morgan fingerprint density at radius 3 is 2.78 bits per heavy atom. The van der Waals surface area contributed by atoms with Gasteiger partial charge in [0, 0.05) is 24.6 Å². The van der Waals surface area contributed by atoms with Crippen LogP contribution in [0.25, 0.3) is 0 Å². The Balaban J connectivity index is 1.66. The molecule has 0 radical (unpaired) electrons. The maximum atomic E-state index is 9.74. The van der Waals surface area contributed by atoms with Gasteiger partial charge >= 0.3 is 0 Å². The molecule has 0 spiro atoms. The summed E-state index contributed by atoms with van der Waals surface area (Å²) in [6, 6.07) is 0.802. The lowest BCUT2D eigenvalue weighted by Crippen LogP contribution is -2.52. The molecule has 1 saturated carbocycles. The Morgan fingerprint density at radius 1 is 1.17 bits per heavy atom. The molecule has 0 aromatic carbocycles. The van der Waals surface area contributed by atoms with E-state index in [-0.39, 0.29) is 5.41 Å². The first-order valence-electron chi connectivity index (χ1n) is 7.76. The number of rotatable bonds is 3. The van der Waals surface area contributed by atoms with E-state index in [0.29, 0.717) is 6.61 Å². The standard InChI is InChI=1S/C15H27NO2/c17-11-15(7-9-18-12-15)10-16-8-3-5-13-4-1-2-6-14(13)16/h13-14,17H,1-12H2. The number of aliphatic hydroxyl groups excluding tert-OH is 1. The topological polar surface area (TPSA) is 32.7 Å². The van der Waals surface area contributed by atoms with E-state index < -0.39 is 0 Å². The summed E-state index contributed by atoms with van der Waals surface area (Å²) in [5.41, 5.74) is 0.0410. The number of piperidine rings is 1. The normalized spacial score (nSPS) is 41.8. The lowest BCUT2D eigenvalue weighted by atomic mass is 9.77. The van der Waals surface area contributed by atoms with Crippen LogP contribution in [0.2, 0.25) is 0 Å². The summed E-state index contributed by atoms with van der Waals surface area (Å²) in [6.45, 7) is 4.19. The molecule has 3 fully saturated rings. The monoisotopic (exact) mass is 253 g/mol. The van der Waals surface area contributed by atoms with Crippen molar-refractivity contribution in [3.63, 3.8) is 0 Å². The maximum Gasteiger partial charge on any atom is 0.0557 e.